The highest BCUT2D eigenvalue weighted by atomic mass is 19.4. The summed E-state index contributed by atoms with van der Waals surface area (Å²) in [6, 6.07) is -0.101. The Morgan fingerprint density at radius 1 is 0.930 bits per heavy atom. The molecular formula is C42H54F3N5O7. The second kappa shape index (κ2) is 18.8. The molecule has 2 amide bonds. The van der Waals surface area contributed by atoms with Crippen molar-refractivity contribution in [2.45, 2.75) is 136 Å². The first-order chi connectivity index (χ1) is 27.0. The molecule has 5 atom stereocenters. The van der Waals surface area contributed by atoms with E-state index in [-0.39, 0.29) is 61.4 Å². The number of likely N-dealkylation sites (tertiary alicyclic amines) is 1. The summed E-state index contributed by atoms with van der Waals surface area (Å²) in [4.78, 5) is 96.1. The molecule has 2 aromatic heterocycles. The second-order valence-corrected chi connectivity index (χ2v) is 17.0. The first-order valence-corrected chi connectivity index (χ1v) is 20.2. The molecule has 0 spiro atoms. The Morgan fingerprint density at radius 2 is 1.65 bits per heavy atom. The average molecular weight is 798 g/mol. The maximum absolute atomic E-state index is 14.8. The molecule has 0 aromatic carbocycles. The normalized spacial score (nSPS) is 20.6. The summed E-state index contributed by atoms with van der Waals surface area (Å²) in [6.45, 7) is 7.14. The Hall–Kier alpha value is -4.56. The lowest BCUT2D eigenvalue weighted by Gasteiger charge is -2.36. The van der Waals surface area contributed by atoms with E-state index in [9.17, 15) is 41.9 Å². The molecule has 3 heterocycles. The number of aromatic nitrogens is 3. The van der Waals surface area contributed by atoms with Gasteiger partial charge in [-0.1, -0.05) is 53.4 Å². The lowest BCUT2D eigenvalue weighted by Crippen LogP contribution is -2.51. The number of halogens is 3. The van der Waals surface area contributed by atoms with E-state index in [1.807, 2.05) is 27.7 Å². The number of carbonyl (C=O) groups excluding carboxylic acids is 6. The van der Waals surface area contributed by atoms with Crippen LogP contribution in [0.15, 0.2) is 36.9 Å². The number of carbonyl (C=O) groups is 6. The number of ketones is 4. The van der Waals surface area contributed by atoms with Gasteiger partial charge in [0.1, 0.15) is 11.8 Å². The molecule has 0 radical (unpaired) electrons. The van der Waals surface area contributed by atoms with Crippen LogP contribution in [0.4, 0.5) is 13.2 Å². The molecule has 5 rings (SSSR count). The average Bonchev–Trinajstić information content (AvgIpc) is 3.90. The van der Waals surface area contributed by atoms with Crippen molar-refractivity contribution >= 4 is 34.9 Å². The van der Waals surface area contributed by atoms with Crippen molar-refractivity contribution in [1.29, 1.82) is 0 Å². The van der Waals surface area contributed by atoms with Crippen molar-refractivity contribution in [3.63, 3.8) is 0 Å². The van der Waals surface area contributed by atoms with Crippen LogP contribution in [-0.4, -0.2) is 79.5 Å². The quantitative estimate of drug-likeness (QED) is 0.164. The summed E-state index contributed by atoms with van der Waals surface area (Å²) >= 11 is 0. The van der Waals surface area contributed by atoms with Crippen molar-refractivity contribution in [2.75, 3.05) is 6.54 Å². The van der Waals surface area contributed by atoms with Gasteiger partial charge in [0.05, 0.1) is 30.4 Å². The fourth-order valence-corrected chi connectivity index (χ4v) is 8.04. The highest BCUT2D eigenvalue weighted by molar-refractivity contribution is 6.38. The van der Waals surface area contributed by atoms with Crippen molar-refractivity contribution in [2.24, 2.45) is 29.1 Å². The van der Waals surface area contributed by atoms with Crippen LogP contribution in [0.3, 0.4) is 0 Å². The van der Waals surface area contributed by atoms with Crippen LogP contribution in [0.2, 0.25) is 0 Å². The van der Waals surface area contributed by atoms with Gasteiger partial charge < -0.3 is 15.0 Å². The number of nitrogens with one attached hydrogen (secondary N) is 1. The molecule has 15 heteroatoms. The minimum atomic E-state index is -4.61. The third kappa shape index (κ3) is 11.8. The van der Waals surface area contributed by atoms with Crippen molar-refractivity contribution in [1.82, 2.24) is 25.2 Å². The van der Waals surface area contributed by atoms with Gasteiger partial charge in [0, 0.05) is 62.2 Å². The standard InChI is InChI=1S/C42H54F3N5O7/c1-5-9-27(38(54)35(53)18-25-12-13-25)19-33(51)32-20-29(57-36-15-14-28(22-48-36)42(43,44)45)24-50(32)40(56)30(41(2,3)4)21-34(52)37(26-10-7-6-8-11-26)49-39(55)31-23-46-16-17-47-31/h14-17,22-23,25-27,29-30,32,37H,5-13,18-21,24H2,1-4H3,(H,49,55)/t27?,29-,30?,32+,37?/m0/s1. The monoisotopic (exact) mass is 797 g/mol. The number of rotatable bonds is 18. The molecule has 310 valence electrons. The van der Waals surface area contributed by atoms with Gasteiger partial charge >= 0.3 is 6.18 Å². The highest BCUT2D eigenvalue weighted by Gasteiger charge is 2.47. The van der Waals surface area contributed by atoms with E-state index in [1.54, 1.807) is 0 Å². The lowest BCUT2D eigenvalue weighted by molar-refractivity contribution is -0.147. The van der Waals surface area contributed by atoms with Gasteiger partial charge in [-0.05, 0) is 55.4 Å². The summed E-state index contributed by atoms with van der Waals surface area (Å²) in [5.41, 5.74) is -1.72. The molecule has 3 aliphatic rings. The zero-order chi connectivity index (χ0) is 41.5. The van der Waals surface area contributed by atoms with Gasteiger partial charge in [-0.2, -0.15) is 13.2 Å². The number of pyridine rings is 1. The molecule has 2 saturated carbocycles. The smallest absolute Gasteiger partial charge is 0.417 e. The third-order valence-electron chi connectivity index (χ3n) is 11.5. The molecule has 0 bridgehead atoms. The Bertz CT molecular complexity index is 1760. The van der Waals surface area contributed by atoms with Crippen LogP contribution in [0.5, 0.6) is 5.88 Å². The topological polar surface area (TPSA) is 166 Å². The summed E-state index contributed by atoms with van der Waals surface area (Å²) < 4.78 is 45.7. The van der Waals surface area contributed by atoms with Gasteiger partial charge in [0.25, 0.3) is 5.91 Å². The summed E-state index contributed by atoms with van der Waals surface area (Å²) in [7, 11) is 0. The van der Waals surface area contributed by atoms with Crippen LogP contribution in [-0.2, 0) is 30.1 Å². The fourth-order valence-electron chi connectivity index (χ4n) is 8.04. The number of amides is 2. The van der Waals surface area contributed by atoms with Crippen molar-refractivity contribution in [3.05, 3.63) is 48.2 Å². The summed E-state index contributed by atoms with van der Waals surface area (Å²) in [5.74, 6) is -4.86. The number of alkyl halides is 3. The zero-order valence-electron chi connectivity index (χ0n) is 33.2. The molecular weight excluding hydrogens is 743 g/mol. The van der Waals surface area contributed by atoms with Gasteiger partial charge in [-0.15, -0.1) is 0 Å². The second-order valence-electron chi connectivity index (χ2n) is 17.0. The Balaban J connectivity index is 1.41. The summed E-state index contributed by atoms with van der Waals surface area (Å²) in [6.07, 6.45) is 5.71. The van der Waals surface area contributed by atoms with Gasteiger partial charge in [-0.25, -0.2) is 9.97 Å². The van der Waals surface area contributed by atoms with Crippen molar-refractivity contribution in [3.8, 4) is 5.88 Å². The lowest BCUT2D eigenvalue weighted by atomic mass is 9.74. The van der Waals surface area contributed by atoms with E-state index >= 15 is 0 Å². The SMILES string of the molecule is CCCC(CC(=O)[C@H]1C[C@H](Oc2ccc(C(F)(F)F)cn2)CN1C(=O)C(CC(=O)C(NC(=O)c1cnccn1)C1CCCCC1)C(C)(C)C)C(=O)C(=O)CC1CC1. The number of ether oxygens (including phenoxy) is 1. The molecule has 57 heavy (non-hydrogen) atoms. The van der Waals surface area contributed by atoms with E-state index in [4.69, 9.17) is 4.74 Å². The Morgan fingerprint density at radius 3 is 2.23 bits per heavy atom. The molecule has 3 fully saturated rings. The minimum absolute atomic E-state index is 0.0417. The van der Waals surface area contributed by atoms with Crippen LogP contribution in [0.1, 0.15) is 127 Å². The van der Waals surface area contributed by atoms with Gasteiger partial charge in [0.15, 0.2) is 17.3 Å². The van der Waals surface area contributed by atoms with Crippen LogP contribution in [0, 0.1) is 29.1 Å². The fraction of sp³-hybridized carbons (Fsp3) is 0.643. The maximum atomic E-state index is 14.8. The summed E-state index contributed by atoms with van der Waals surface area (Å²) in [5, 5.41) is 2.88. The maximum Gasteiger partial charge on any atom is 0.417 e. The minimum Gasteiger partial charge on any atom is -0.472 e. The van der Waals surface area contributed by atoms with Gasteiger partial charge in [-0.3, -0.25) is 33.8 Å². The highest BCUT2D eigenvalue weighted by Crippen LogP contribution is 2.38. The molecule has 2 aliphatic carbocycles. The Kier molecular flexibility index (Phi) is 14.4. The van der Waals surface area contributed by atoms with Crippen LogP contribution in [0.25, 0.3) is 0 Å². The van der Waals surface area contributed by atoms with Crippen LogP contribution < -0.4 is 10.1 Å². The van der Waals surface area contributed by atoms with E-state index in [0.717, 1.165) is 44.2 Å². The van der Waals surface area contributed by atoms with E-state index in [2.05, 4.69) is 20.3 Å². The van der Waals surface area contributed by atoms with Crippen LogP contribution >= 0.6 is 0 Å². The predicted octanol–water partition coefficient (Wildman–Crippen LogP) is 6.55. The molecule has 1 saturated heterocycles. The zero-order valence-corrected chi connectivity index (χ0v) is 33.2. The first kappa shape index (κ1) is 43.6. The Labute approximate surface area is 331 Å². The molecule has 1 aliphatic heterocycles. The van der Waals surface area contributed by atoms with E-state index in [1.165, 1.54) is 23.5 Å². The van der Waals surface area contributed by atoms with E-state index in [0.29, 0.717) is 31.9 Å². The molecule has 2 aromatic rings. The van der Waals surface area contributed by atoms with Crippen molar-refractivity contribution < 1.29 is 46.7 Å². The number of nitrogens with zero attached hydrogens (tertiary/aromatic N) is 4. The van der Waals surface area contributed by atoms with Gasteiger partial charge in [0.2, 0.25) is 17.6 Å². The molecule has 1 N–H and O–H groups in total. The number of hydrogen-bond acceptors (Lipinski definition) is 10. The number of Topliss-reactive ketones (excluding diaryl/α,β-unsaturated/α-hetero) is 4. The molecule has 12 nitrogen and oxygen atoms in total. The predicted molar refractivity (Wildman–Crippen MR) is 202 cm³/mol. The third-order valence-corrected chi connectivity index (χ3v) is 11.5. The largest absolute Gasteiger partial charge is 0.472 e. The molecule has 3 unspecified atom stereocenters. The number of hydrogen-bond donors (Lipinski definition) is 1. The first-order valence-electron chi connectivity index (χ1n) is 20.2. The van der Waals surface area contributed by atoms with E-state index < -0.39 is 76.3 Å².